The van der Waals surface area contributed by atoms with Gasteiger partial charge < -0.3 is 25.7 Å². The van der Waals surface area contributed by atoms with Crippen LogP contribution in [0.3, 0.4) is 0 Å². The molecule has 5 N–H and O–H groups in total. The molecular weight excluding hydrogens is 575 g/mol. The number of piperidine rings is 1. The highest BCUT2D eigenvalue weighted by molar-refractivity contribution is 5.88. The number of nitrogens with one attached hydrogen (secondary N) is 1. The van der Waals surface area contributed by atoms with Crippen molar-refractivity contribution in [2.24, 2.45) is 0 Å². The topological polar surface area (TPSA) is 190 Å². The van der Waals surface area contributed by atoms with Crippen molar-refractivity contribution < 1.29 is 44.0 Å². The Hall–Kier alpha value is -4.75. The minimum atomic E-state index is -2.74. The lowest BCUT2D eigenvalue weighted by molar-refractivity contribution is -0.170. The maximum atomic E-state index is 14.5. The molecule has 1 aromatic heterocycles. The Morgan fingerprint density at radius 1 is 0.932 bits per heavy atom. The number of rotatable bonds is 10. The van der Waals surface area contributed by atoms with E-state index in [0.717, 1.165) is 42.1 Å². The predicted molar refractivity (Wildman–Crippen MR) is 156 cm³/mol. The van der Waals surface area contributed by atoms with Crippen molar-refractivity contribution in [3.63, 3.8) is 0 Å². The van der Waals surface area contributed by atoms with Gasteiger partial charge in [0.25, 0.3) is 0 Å². The number of benzene rings is 2. The molecule has 1 fully saturated rings. The van der Waals surface area contributed by atoms with Gasteiger partial charge in [0.1, 0.15) is 5.82 Å². The Balaban J connectivity index is 0.000000345. The molecule has 1 amide bonds. The van der Waals surface area contributed by atoms with E-state index in [1.54, 1.807) is 12.1 Å². The highest BCUT2D eigenvalue weighted by Crippen LogP contribution is 2.35. The van der Waals surface area contributed by atoms with E-state index in [1.165, 1.54) is 13.0 Å². The molecule has 3 aromatic rings. The zero-order valence-corrected chi connectivity index (χ0v) is 24.4. The van der Waals surface area contributed by atoms with Crippen LogP contribution in [0, 0.1) is 12.7 Å². The number of aliphatic carboxylic acids is 3. The van der Waals surface area contributed by atoms with Crippen molar-refractivity contribution in [2.75, 3.05) is 13.1 Å². The second-order valence-corrected chi connectivity index (χ2v) is 10.7. The number of aliphatic hydroxyl groups is 1. The van der Waals surface area contributed by atoms with Gasteiger partial charge in [-0.2, -0.15) is 0 Å². The Labute approximate surface area is 253 Å². The number of carboxylic acids is 3. The van der Waals surface area contributed by atoms with Gasteiger partial charge in [-0.05, 0) is 31.4 Å². The van der Waals surface area contributed by atoms with Crippen LogP contribution >= 0.6 is 0 Å². The maximum absolute atomic E-state index is 14.5. The molecule has 0 spiro atoms. The third-order valence-corrected chi connectivity index (χ3v) is 7.30. The molecule has 0 bridgehead atoms. The van der Waals surface area contributed by atoms with Crippen LogP contribution in [0.15, 0.2) is 60.9 Å². The van der Waals surface area contributed by atoms with E-state index in [4.69, 9.17) is 20.4 Å². The second-order valence-electron chi connectivity index (χ2n) is 10.7. The van der Waals surface area contributed by atoms with Gasteiger partial charge in [-0.1, -0.05) is 42.5 Å². The molecule has 13 heteroatoms. The van der Waals surface area contributed by atoms with Crippen LogP contribution < -0.4 is 5.32 Å². The van der Waals surface area contributed by atoms with Crippen molar-refractivity contribution in [1.82, 2.24) is 20.2 Å². The molecule has 4 rings (SSSR count). The second kappa shape index (κ2) is 14.6. The number of carbonyl (C=O) groups is 4. The molecule has 0 radical (unpaired) electrons. The van der Waals surface area contributed by atoms with Crippen LogP contribution in [-0.2, 0) is 31.3 Å². The average Bonchev–Trinajstić information content (AvgIpc) is 2.94. The normalized spacial score (nSPS) is 14.5. The molecule has 2 aromatic carbocycles. The van der Waals surface area contributed by atoms with E-state index >= 15 is 0 Å². The molecule has 1 aliphatic rings. The molecule has 0 saturated carbocycles. The molecule has 1 saturated heterocycles. The summed E-state index contributed by atoms with van der Waals surface area (Å²) in [5.74, 6) is -4.71. The summed E-state index contributed by atoms with van der Waals surface area (Å²) in [7, 11) is 0. The number of amides is 1. The number of aromatic nitrogens is 2. The molecule has 1 aliphatic heterocycles. The van der Waals surface area contributed by atoms with Gasteiger partial charge in [-0.25, -0.2) is 19.2 Å². The number of hydrogen-bond donors (Lipinski definition) is 5. The standard InChI is InChI=1S/C25H27FN4O.C6H8O7/c1-18-7-3-4-8-21(18)24-27-15-20(16-28-24)17-30-13-11-25(12-14-30,29-19(2)31)22-9-5-6-10-23(22)26;7-3(8)1-6(13,5(11)12)2-4(9)10/h3-10,15-16H,11-14,17H2,1-2H3,(H,29,31);13H,1-2H2,(H,7,8)(H,9,10)(H,11,12). The van der Waals surface area contributed by atoms with Gasteiger partial charge in [0.05, 0.1) is 18.4 Å². The summed E-state index contributed by atoms with van der Waals surface area (Å²) in [5, 5.41) is 36.8. The van der Waals surface area contributed by atoms with Gasteiger partial charge in [-0.3, -0.25) is 19.3 Å². The van der Waals surface area contributed by atoms with Crippen LogP contribution in [-0.4, -0.2) is 77.8 Å². The van der Waals surface area contributed by atoms with Gasteiger partial charge in [0, 0.05) is 55.6 Å². The first-order chi connectivity index (χ1) is 20.7. The first-order valence-corrected chi connectivity index (χ1v) is 13.8. The minimum absolute atomic E-state index is 0.142. The summed E-state index contributed by atoms with van der Waals surface area (Å²) in [4.78, 5) is 53.8. The van der Waals surface area contributed by atoms with E-state index in [1.807, 2.05) is 36.7 Å². The molecule has 0 atom stereocenters. The highest BCUT2D eigenvalue weighted by Gasteiger charge is 2.41. The van der Waals surface area contributed by atoms with Crippen molar-refractivity contribution in [3.8, 4) is 11.4 Å². The van der Waals surface area contributed by atoms with Crippen molar-refractivity contribution in [3.05, 3.63) is 83.4 Å². The number of hydrogen-bond acceptors (Lipinski definition) is 8. The number of carbonyl (C=O) groups excluding carboxylic acids is 1. The third-order valence-electron chi connectivity index (χ3n) is 7.30. The van der Waals surface area contributed by atoms with E-state index in [0.29, 0.717) is 18.4 Å². The number of aryl methyl sites for hydroxylation is 1. The van der Waals surface area contributed by atoms with Crippen LogP contribution in [0.2, 0.25) is 0 Å². The largest absolute Gasteiger partial charge is 0.481 e. The van der Waals surface area contributed by atoms with Crippen LogP contribution in [0.25, 0.3) is 11.4 Å². The Morgan fingerprint density at radius 3 is 1.98 bits per heavy atom. The molecule has 0 unspecified atom stereocenters. The Kier molecular flexibility index (Phi) is 11.2. The SMILES string of the molecule is CC(=O)NC1(c2ccccc2F)CCN(Cc2cnc(-c3ccccc3C)nc2)CC1.O=C(O)CC(O)(CC(=O)O)C(=O)O. The molecule has 0 aliphatic carbocycles. The van der Waals surface area contributed by atoms with E-state index < -0.39 is 41.9 Å². The van der Waals surface area contributed by atoms with Gasteiger partial charge in [0.15, 0.2) is 11.4 Å². The number of carboxylic acid groups (broad SMARTS) is 3. The maximum Gasteiger partial charge on any atom is 0.336 e. The summed E-state index contributed by atoms with van der Waals surface area (Å²) < 4.78 is 14.5. The lowest BCUT2D eigenvalue weighted by Crippen LogP contribution is -2.52. The number of nitrogens with zero attached hydrogens (tertiary/aromatic N) is 3. The lowest BCUT2D eigenvalue weighted by atomic mass is 9.80. The monoisotopic (exact) mass is 610 g/mol. The van der Waals surface area contributed by atoms with Crippen LogP contribution in [0.5, 0.6) is 0 Å². The van der Waals surface area contributed by atoms with Gasteiger partial charge in [-0.15, -0.1) is 0 Å². The van der Waals surface area contributed by atoms with Gasteiger partial charge >= 0.3 is 17.9 Å². The predicted octanol–water partition coefficient (Wildman–Crippen LogP) is 2.97. The third kappa shape index (κ3) is 8.88. The zero-order valence-electron chi connectivity index (χ0n) is 24.4. The van der Waals surface area contributed by atoms with Crippen molar-refractivity contribution in [2.45, 2.75) is 57.2 Å². The zero-order chi connectivity index (χ0) is 32.5. The van der Waals surface area contributed by atoms with Crippen molar-refractivity contribution >= 4 is 23.8 Å². The highest BCUT2D eigenvalue weighted by atomic mass is 19.1. The molecule has 12 nitrogen and oxygen atoms in total. The molecule has 44 heavy (non-hydrogen) atoms. The summed E-state index contributed by atoms with van der Waals surface area (Å²) in [6.45, 7) is 5.75. The average molecular weight is 611 g/mol. The van der Waals surface area contributed by atoms with Crippen LogP contribution in [0.1, 0.15) is 49.3 Å². The molecule has 2 heterocycles. The van der Waals surface area contributed by atoms with E-state index in [9.17, 15) is 23.6 Å². The lowest BCUT2D eigenvalue weighted by Gasteiger charge is -2.42. The minimum Gasteiger partial charge on any atom is -0.481 e. The fourth-order valence-corrected chi connectivity index (χ4v) is 5.11. The summed E-state index contributed by atoms with van der Waals surface area (Å²) >= 11 is 0. The first kappa shape index (κ1) is 33.7. The Bertz CT molecular complexity index is 1470. The smallest absolute Gasteiger partial charge is 0.336 e. The quantitative estimate of drug-likeness (QED) is 0.227. The summed E-state index contributed by atoms with van der Waals surface area (Å²) in [5.41, 5.74) is 0.382. The Morgan fingerprint density at radius 2 is 1.48 bits per heavy atom. The molecular formula is C31H35FN4O8. The van der Waals surface area contributed by atoms with E-state index in [2.05, 4.69) is 33.2 Å². The molecule has 234 valence electrons. The van der Waals surface area contributed by atoms with Crippen molar-refractivity contribution in [1.29, 1.82) is 0 Å². The summed E-state index contributed by atoms with van der Waals surface area (Å²) in [6, 6.07) is 14.8. The fourth-order valence-electron chi connectivity index (χ4n) is 5.11. The van der Waals surface area contributed by atoms with E-state index in [-0.39, 0.29) is 11.7 Å². The first-order valence-electron chi connectivity index (χ1n) is 13.8. The number of halogens is 1. The van der Waals surface area contributed by atoms with Gasteiger partial charge in [0.2, 0.25) is 5.91 Å². The summed E-state index contributed by atoms with van der Waals surface area (Å²) in [6.07, 6.45) is 2.76. The fraction of sp³-hybridized carbons (Fsp3) is 0.355. The number of likely N-dealkylation sites (tertiary alicyclic amines) is 1. The van der Waals surface area contributed by atoms with Crippen LogP contribution in [0.4, 0.5) is 4.39 Å².